The minimum Gasteiger partial charge on any atom is -0.338 e. The van der Waals surface area contributed by atoms with E-state index in [2.05, 4.69) is 4.98 Å². The van der Waals surface area contributed by atoms with Gasteiger partial charge >= 0.3 is 0 Å². The van der Waals surface area contributed by atoms with Crippen molar-refractivity contribution in [2.45, 2.75) is 26.7 Å². The van der Waals surface area contributed by atoms with Crippen molar-refractivity contribution in [1.29, 1.82) is 0 Å². The van der Waals surface area contributed by atoms with E-state index in [1.165, 1.54) is 0 Å². The number of nitrogens with zero attached hydrogens (tertiary/aromatic N) is 3. The Labute approximate surface area is 170 Å². The Hall–Kier alpha value is -2.72. The molecule has 0 unspecified atom stereocenters. The first kappa shape index (κ1) is 18.6. The molecular formula is C23H22ClN3O. The number of halogens is 1. The monoisotopic (exact) mass is 391 g/mol. The Morgan fingerprint density at radius 1 is 0.964 bits per heavy atom. The molecule has 2 aromatic carbocycles. The van der Waals surface area contributed by atoms with Gasteiger partial charge in [0.25, 0.3) is 5.91 Å². The molecule has 0 atom stereocenters. The number of fused-ring (bicyclic) bond motifs is 1. The third-order valence-electron chi connectivity index (χ3n) is 5.24. The second kappa shape index (κ2) is 7.72. The molecule has 0 aliphatic carbocycles. The summed E-state index contributed by atoms with van der Waals surface area (Å²) in [6.45, 7) is 5.22. The molecule has 0 fully saturated rings. The van der Waals surface area contributed by atoms with Crippen LogP contribution in [0.1, 0.15) is 33.0 Å². The molecule has 2 heterocycles. The van der Waals surface area contributed by atoms with Gasteiger partial charge in [0.05, 0.1) is 5.69 Å². The van der Waals surface area contributed by atoms with E-state index in [0.717, 1.165) is 52.3 Å². The maximum absolute atomic E-state index is 13.1. The molecule has 1 amide bonds. The number of hydrogen-bond acceptors (Lipinski definition) is 3. The summed E-state index contributed by atoms with van der Waals surface area (Å²) in [6.07, 6.45) is 1.47. The van der Waals surface area contributed by atoms with Gasteiger partial charge in [-0.25, -0.2) is 9.97 Å². The fourth-order valence-electron chi connectivity index (χ4n) is 3.76. The molecule has 1 aliphatic rings. The summed E-state index contributed by atoms with van der Waals surface area (Å²) in [6, 6.07) is 15.5. The summed E-state index contributed by atoms with van der Waals surface area (Å²) in [5.74, 6) is 0.839. The van der Waals surface area contributed by atoms with E-state index in [0.29, 0.717) is 18.1 Å². The molecule has 0 bridgehead atoms. The first-order valence-corrected chi connectivity index (χ1v) is 9.88. The molecule has 0 saturated carbocycles. The third-order valence-corrected chi connectivity index (χ3v) is 5.49. The van der Waals surface area contributed by atoms with Crippen LogP contribution in [0.15, 0.2) is 48.5 Å². The van der Waals surface area contributed by atoms with Gasteiger partial charge in [-0.2, -0.15) is 0 Å². The van der Waals surface area contributed by atoms with Crippen molar-refractivity contribution in [3.8, 4) is 11.3 Å². The highest BCUT2D eigenvalue weighted by Crippen LogP contribution is 2.28. The van der Waals surface area contributed by atoms with Crippen molar-refractivity contribution in [3.05, 3.63) is 81.8 Å². The maximum Gasteiger partial charge on any atom is 0.254 e. The molecule has 4 rings (SSSR count). The van der Waals surface area contributed by atoms with E-state index in [1.807, 2.05) is 67.3 Å². The van der Waals surface area contributed by atoms with Crippen molar-refractivity contribution in [2.75, 3.05) is 13.1 Å². The summed E-state index contributed by atoms with van der Waals surface area (Å²) in [4.78, 5) is 24.4. The van der Waals surface area contributed by atoms with Crippen molar-refractivity contribution in [1.82, 2.24) is 14.9 Å². The number of rotatable bonds is 2. The van der Waals surface area contributed by atoms with Crippen LogP contribution in [0.2, 0.25) is 5.02 Å². The Morgan fingerprint density at radius 2 is 1.68 bits per heavy atom. The van der Waals surface area contributed by atoms with Crippen LogP contribution >= 0.6 is 11.6 Å². The standard InChI is InChI=1S/C23H22ClN3O/c1-15-5-3-4-6-19(15)23(28)27-13-11-20-21(12-14-27)25-16(2)26-22(20)17-7-9-18(24)10-8-17/h3-10H,11-14H2,1-2H3. The van der Waals surface area contributed by atoms with E-state index < -0.39 is 0 Å². The van der Waals surface area contributed by atoms with Gasteiger partial charge in [0.2, 0.25) is 0 Å². The zero-order valence-electron chi connectivity index (χ0n) is 16.1. The Kier molecular flexibility index (Phi) is 5.14. The van der Waals surface area contributed by atoms with E-state index >= 15 is 0 Å². The molecule has 142 valence electrons. The fraction of sp³-hybridized carbons (Fsp3) is 0.261. The predicted octanol–water partition coefficient (Wildman–Crippen LogP) is 4.65. The van der Waals surface area contributed by atoms with Crippen molar-refractivity contribution in [3.63, 3.8) is 0 Å². The summed E-state index contributed by atoms with van der Waals surface area (Å²) in [7, 11) is 0. The zero-order valence-corrected chi connectivity index (χ0v) is 16.8. The highest BCUT2D eigenvalue weighted by Gasteiger charge is 2.24. The second-order valence-electron chi connectivity index (χ2n) is 7.16. The quantitative estimate of drug-likeness (QED) is 0.638. The van der Waals surface area contributed by atoms with Gasteiger partial charge in [-0.15, -0.1) is 0 Å². The Morgan fingerprint density at radius 3 is 2.43 bits per heavy atom. The van der Waals surface area contributed by atoms with Crippen LogP contribution in [-0.2, 0) is 12.8 Å². The third kappa shape index (κ3) is 3.65. The number of amides is 1. The summed E-state index contributed by atoms with van der Waals surface area (Å²) in [5.41, 5.74) is 5.93. The summed E-state index contributed by atoms with van der Waals surface area (Å²) in [5, 5.41) is 0.704. The van der Waals surface area contributed by atoms with E-state index in [4.69, 9.17) is 16.6 Å². The molecule has 0 spiro atoms. The second-order valence-corrected chi connectivity index (χ2v) is 7.60. The maximum atomic E-state index is 13.1. The molecule has 4 nitrogen and oxygen atoms in total. The van der Waals surface area contributed by atoms with E-state index in [9.17, 15) is 4.79 Å². The van der Waals surface area contributed by atoms with Crippen LogP contribution in [0.4, 0.5) is 0 Å². The predicted molar refractivity (Wildman–Crippen MR) is 112 cm³/mol. The van der Waals surface area contributed by atoms with Gasteiger partial charge in [-0.1, -0.05) is 41.9 Å². The number of hydrogen-bond donors (Lipinski definition) is 0. The first-order valence-electron chi connectivity index (χ1n) is 9.50. The number of aryl methyl sites for hydroxylation is 2. The summed E-state index contributed by atoms with van der Waals surface area (Å²) >= 11 is 6.05. The number of carbonyl (C=O) groups excluding carboxylic acids is 1. The highest BCUT2D eigenvalue weighted by atomic mass is 35.5. The fourth-order valence-corrected chi connectivity index (χ4v) is 3.88. The van der Waals surface area contributed by atoms with Crippen LogP contribution in [0, 0.1) is 13.8 Å². The molecule has 1 aliphatic heterocycles. The van der Waals surface area contributed by atoms with Gasteiger partial charge in [0.15, 0.2) is 0 Å². The number of benzene rings is 2. The molecule has 28 heavy (non-hydrogen) atoms. The van der Waals surface area contributed by atoms with Crippen LogP contribution in [-0.4, -0.2) is 33.9 Å². The molecule has 1 aromatic heterocycles. The van der Waals surface area contributed by atoms with E-state index in [1.54, 1.807) is 0 Å². The normalized spacial score (nSPS) is 13.8. The molecule has 0 saturated heterocycles. The van der Waals surface area contributed by atoms with Crippen LogP contribution < -0.4 is 0 Å². The topological polar surface area (TPSA) is 46.1 Å². The molecule has 0 N–H and O–H groups in total. The van der Waals surface area contributed by atoms with Gasteiger partial charge in [0.1, 0.15) is 5.82 Å². The SMILES string of the molecule is Cc1nc2c(c(-c3ccc(Cl)cc3)n1)CCN(C(=O)c1ccccc1C)CC2. The van der Waals surface area contributed by atoms with Crippen molar-refractivity contribution >= 4 is 17.5 Å². The lowest BCUT2D eigenvalue weighted by molar-refractivity contribution is 0.0762. The molecule has 3 aromatic rings. The van der Waals surface area contributed by atoms with Crippen molar-refractivity contribution in [2.24, 2.45) is 0 Å². The van der Waals surface area contributed by atoms with E-state index in [-0.39, 0.29) is 5.91 Å². The van der Waals surface area contributed by atoms with Gasteiger partial charge in [-0.05, 0) is 44.0 Å². The largest absolute Gasteiger partial charge is 0.338 e. The van der Waals surface area contributed by atoms with Gasteiger partial charge in [-0.3, -0.25) is 4.79 Å². The van der Waals surface area contributed by atoms with Crippen LogP contribution in [0.25, 0.3) is 11.3 Å². The van der Waals surface area contributed by atoms with Crippen LogP contribution in [0.5, 0.6) is 0 Å². The number of aromatic nitrogens is 2. The van der Waals surface area contributed by atoms with Crippen molar-refractivity contribution < 1.29 is 4.79 Å². The lowest BCUT2D eigenvalue weighted by atomic mass is 10.0. The highest BCUT2D eigenvalue weighted by molar-refractivity contribution is 6.30. The molecule has 5 heteroatoms. The first-order chi connectivity index (χ1) is 13.5. The lowest BCUT2D eigenvalue weighted by Gasteiger charge is -2.21. The molecular weight excluding hydrogens is 370 g/mol. The van der Waals surface area contributed by atoms with Gasteiger partial charge in [0, 0.05) is 46.9 Å². The Bertz CT molecular complexity index is 1030. The van der Waals surface area contributed by atoms with Crippen LogP contribution in [0.3, 0.4) is 0 Å². The molecule has 0 radical (unpaired) electrons. The smallest absolute Gasteiger partial charge is 0.254 e. The zero-order chi connectivity index (χ0) is 19.7. The minimum atomic E-state index is 0.0867. The van der Waals surface area contributed by atoms with Gasteiger partial charge < -0.3 is 4.90 Å². The Balaban J connectivity index is 1.66. The average Bonchev–Trinajstić information content (AvgIpc) is 2.90. The average molecular weight is 392 g/mol. The summed E-state index contributed by atoms with van der Waals surface area (Å²) < 4.78 is 0. The minimum absolute atomic E-state index is 0.0867. The lowest BCUT2D eigenvalue weighted by Crippen LogP contribution is -2.33. The number of carbonyl (C=O) groups is 1.